The molecule has 1 aliphatic rings. The molecule has 0 saturated carbocycles. The number of amides is 3. The van der Waals surface area contributed by atoms with Gasteiger partial charge in [-0.2, -0.15) is 5.10 Å². The van der Waals surface area contributed by atoms with Gasteiger partial charge in [0.15, 0.2) is 5.82 Å². The highest BCUT2D eigenvalue weighted by Gasteiger charge is 2.22. The van der Waals surface area contributed by atoms with Crippen LogP contribution in [0.3, 0.4) is 0 Å². The van der Waals surface area contributed by atoms with E-state index in [1.165, 1.54) is 29.9 Å². The molecule has 0 radical (unpaired) electrons. The summed E-state index contributed by atoms with van der Waals surface area (Å²) in [5.74, 6) is 0.0987. The van der Waals surface area contributed by atoms with Gasteiger partial charge in [-0.1, -0.05) is 6.42 Å². The Morgan fingerprint density at radius 2 is 2.10 bits per heavy atom. The molecule has 4 heterocycles. The van der Waals surface area contributed by atoms with Crippen LogP contribution in [0.1, 0.15) is 29.6 Å². The van der Waals surface area contributed by atoms with Gasteiger partial charge in [-0.15, -0.1) is 11.3 Å². The zero-order chi connectivity index (χ0) is 20.8. The number of aromatic amines is 1. The van der Waals surface area contributed by atoms with E-state index in [-0.39, 0.29) is 11.9 Å². The minimum Gasteiger partial charge on any atom is -0.348 e. The first-order valence-corrected chi connectivity index (χ1v) is 10.5. The predicted molar refractivity (Wildman–Crippen MR) is 115 cm³/mol. The Balaban J connectivity index is 1.53. The Morgan fingerprint density at radius 3 is 2.90 bits per heavy atom. The third kappa shape index (κ3) is 4.99. The average molecular weight is 427 g/mol. The largest absolute Gasteiger partial charge is 0.348 e. The first kappa shape index (κ1) is 20.0. The van der Waals surface area contributed by atoms with E-state index < -0.39 is 6.03 Å². The van der Waals surface area contributed by atoms with Crippen LogP contribution in [0.15, 0.2) is 37.1 Å². The highest BCUT2D eigenvalue weighted by atomic mass is 32.1. The molecular formula is C19H22N8O2S. The van der Waals surface area contributed by atoms with Crippen molar-refractivity contribution in [2.45, 2.75) is 25.3 Å². The van der Waals surface area contributed by atoms with Crippen LogP contribution in [0, 0.1) is 0 Å². The van der Waals surface area contributed by atoms with Crippen molar-refractivity contribution < 1.29 is 9.59 Å². The van der Waals surface area contributed by atoms with Crippen LogP contribution in [0.25, 0.3) is 10.4 Å². The van der Waals surface area contributed by atoms with E-state index in [0.29, 0.717) is 16.4 Å². The lowest BCUT2D eigenvalue weighted by molar-refractivity contribution is 0.0937. The van der Waals surface area contributed by atoms with E-state index in [4.69, 9.17) is 0 Å². The zero-order valence-electron chi connectivity index (χ0n) is 16.1. The SMILES string of the molecule is O=C(Nc1cnccn1)Nc1sc(-c2cn[nH]c2)cc1C(=O)N[C@H]1CCCCNC1. The summed E-state index contributed by atoms with van der Waals surface area (Å²) in [6.45, 7) is 1.70. The second-order valence-corrected chi connectivity index (χ2v) is 7.93. The molecule has 0 bridgehead atoms. The third-order valence-electron chi connectivity index (χ3n) is 4.67. The summed E-state index contributed by atoms with van der Waals surface area (Å²) in [6.07, 6.45) is 10.9. The lowest BCUT2D eigenvalue weighted by Crippen LogP contribution is -2.41. The van der Waals surface area contributed by atoms with Gasteiger partial charge in [-0.05, 0) is 25.5 Å². The topological polar surface area (TPSA) is 137 Å². The second kappa shape index (κ2) is 9.46. The highest BCUT2D eigenvalue weighted by molar-refractivity contribution is 7.20. The van der Waals surface area contributed by atoms with Crippen molar-refractivity contribution in [1.82, 2.24) is 30.8 Å². The lowest BCUT2D eigenvalue weighted by atomic mass is 10.1. The molecule has 1 atom stereocenters. The molecule has 11 heteroatoms. The lowest BCUT2D eigenvalue weighted by Gasteiger charge is -2.16. The molecule has 5 N–H and O–H groups in total. The van der Waals surface area contributed by atoms with E-state index in [2.05, 4.69) is 41.4 Å². The summed E-state index contributed by atoms with van der Waals surface area (Å²) in [5, 5.41) is 19.0. The number of urea groups is 1. The monoisotopic (exact) mass is 426 g/mol. The summed E-state index contributed by atoms with van der Waals surface area (Å²) in [4.78, 5) is 34.2. The molecule has 3 aromatic rings. The van der Waals surface area contributed by atoms with Gasteiger partial charge in [-0.3, -0.25) is 25.5 Å². The Morgan fingerprint density at radius 1 is 1.17 bits per heavy atom. The van der Waals surface area contributed by atoms with Crippen molar-refractivity contribution in [2.24, 2.45) is 0 Å². The standard InChI is InChI=1S/C19H22N8O2S/c28-17(25-13-3-1-2-4-20-10-13)14-7-15(12-8-23-24-9-12)30-18(14)27-19(29)26-16-11-21-5-6-22-16/h5-9,11,13,20H,1-4,10H2,(H,23,24)(H,25,28)(H2,22,26,27,29)/t13-/m0/s1. The van der Waals surface area contributed by atoms with Gasteiger partial charge in [0.1, 0.15) is 5.00 Å². The van der Waals surface area contributed by atoms with Crippen LogP contribution in [-0.4, -0.2) is 51.2 Å². The molecule has 1 saturated heterocycles. The summed E-state index contributed by atoms with van der Waals surface area (Å²) in [7, 11) is 0. The van der Waals surface area contributed by atoms with Crippen LogP contribution >= 0.6 is 11.3 Å². The number of carbonyl (C=O) groups excluding carboxylic acids is 2. The van der Waals surface area contributed by atoms with Gasteiger partial charge in [0.25, 0.3) is 5.91 Å². The summed E-state index contributed by atoms with van der Waals surface area (Å²) in [6, 6.07) is 1.33. The number of carbonyl (C=O) groups is 2. The third-order valence-corrected chi connectivity index (χ3v) is 5.77. The smallest absolute Gasteiger partial charge is 0.325 e. The van der Waals surface area contributed by atoms with Gasteiger partial charge >= 0.3 is 6.03 Å². The summed E-state index contributed by atoms with van der Waals surface area (Å²) >= 11 is 1.31. The number of nitrogens with one attached hydrogen (secondary N) is 5. The molecule has 3 aromatic heterocycles. The van der Waals surface area contributed by atoms with Gasteiger partial charge in [0.2, 0.25) is 0 Å². The molecule has 0 spiro atoms. The van der Waals surface area contributed by atoms with E-state index >= 15 is 0 Å². The minimum absolute atomic E-state index is 0.0542. The maximum absolute atomic E-state index is 13.0. The number of anilines is 2. The molecule has 1 fully saturated rings. The van der Waals surface area contributed by atoms with Crippen LogP contribution in [0.4, 0.5) is 15.6 Å². The molecule has 0 aliphatic carbocycles. The first-order valence-electron chi connectivity index (χ1n) is 9.67. The van der Waals surface area contributed by atoms with E-state index in [9.17, 15) is 9.59 Å². The van der Waals surface area contributed by atoms with Crippen LogP contribution < -0.4 is 21.3 Å². The molecule has 0 aromatic carbocycles. The fraction of sp³-hybridized carbons (Fsp3) is 0.316. The van der Waals surface area contributed by atoms with E-state index in [1.54, 1.807) is 18.5 Å². The molecule has 30 heavy (non-hydrogen) atoms. The molecule has 1 aliphatic heterocycles. The predicted octanol–water partition coefficient (Wildman–Crippen LogP) is 2.44. The Bertz CT molecular complexity index is 981. The number of aromatic nitrogens is 4. The molecule has 0 unspecified atom stereocenters. The molecular weight excluding hydrogens is 404 g/mol. The van der Waals surface area contributed by atoms with Gasteiger partial charge < -0.3 is 10.6 Å². The van der Waals surface area contributed by atoms with Crippen molar-refractivity contribution in [3.05, 3.63) is 42.6 Å². The Hall–Kier alpha value is -3.31. The summed E-state index contributed by atoms with van der Waals surface area (Å²) in [5.41, 5.74) is 1.25. The van der Waals surface area contributed by atoms with Gasteiger partial charge in [0, 0.05) is 41.6 Å². The van der Waals surface area contributed by atoms with Crippen LogP contribution in [-0.2, 0) is 0 Å². The second-order valence-electron chi connectivity index (χ2n) is 6.88. The van der Waals surface area contributed by atoms with Crippen molar-refractivity contribution in [3.8, 4) is 10.4 Å². The van der Waals surface area contributed by atoms with E-state index in [0.717, 1.165) is 42.8 Å². The number of rotatable bonds is 5. The minimum atomic E-state index is -0.499. The maximum Gasteiger partial charge on any atom is 0.325 e. The maximum atomic E-state index is 13.0. The Labute approximate surface area is 176 Å². The zero-order valence-corrected chi connectivity index (χ0v) is 17.0. The van der Waals surface area contributed by atoms with Crippen molar-refractivity contribution in [1.29, 1.82) is 0 Å². The van der Waals surface area contributed by atoms with Gasteiger partial charge in [-0.25, -0.2) is 9.78 Å². The van der Waals surface area contributed by atoms with Crippen molar-refractivity contribution in [3.63, 3.8) is 0 Å². The number of nitrogens with zero attached hydrogens (tertiary/aromatic N) is 3. The number of thiophene rings is 1. The number of hydrogen-bond donors (Lipinski definition) is 5. The average Bonchev–Trinajstić information content (AvgIpc) is 3.34. The fourth-order valence-corrected chi connectivity index (χ4v) is 4.23. The van der Waals surface area contributed by atoms with Crippen molar-refractivity contribution >= 4 is 34.1 Å². The normalized spacial score (nSPS) is 16.5. The van der Waals surface area contributed by atoms with Crippen LogP contribution in [0.5, 0.6) is 0 Å². The van der Waals surface area contributed by atoms with Crippen LogP contribution in [0.2, 0.25) is 0 Å². The summed E-state index contributed by atoms with van der Waals surface area (Å²) < 4.78 is 0. The number of hydrogen-bond acceptors (Lipinski definition) is 7. The quantitative estimate of drug-likeness (QED) is 0.425. The number of H-pyrrole nitrogens is 1. The molecule has 3 amide bonds. The van der Waals surface area contributed by atoms with E-state index in [1.807, 2.05) is 0 Å². The van der Waals surface area contributed by atoms with Gasteiger partial charge in [0.05, 0.1) is 18.0 Å². The van der Waals surface area contributed by atoms with Crippen molar-refractivity contribution in [2.75, 3.05) is 23.7 Å². The molecule has 10 nitrogen and oxygen atoms in total. The molecule has 156 valence electrons. The molecule has 4 rings (SSSR count). The first-order chi connectivity index (χ1) is 14.7. The fourth-order valence-electron chi connectivity index (χ4n) is 3.20. The Kier molecular flexibility index (Phi) is 6.30. The highest BCUT2D eigenvalue weighted by Crippen LogP contribution is 2.35.